The SMILES string of the molecule is CN1CCCC[C@]12CCN([C@@H](CC1CC1)C(=O)N[C@H](C#N)C[C@@H]1CCCC1=O)C2=O. The molecular weight excluding hydrogens is 380 g/mol. The van der Waals surface area contributed by atoms with E-state index in [2.05, 4.69) is 16.3 Å². The lowest BCUT2D eigenvalue weighted by Crippen LogP contribution is -2.58. The number of nitriles is 1. The van der Waals surface area contributed by atoms with E-state index < -0.39 is 17.6 Å². The minimum Gasteiger partial charge on any atom is -0.339 e. The Kier molecular flexibility index (Phi) is 6.15. The summed E-state index contributed by atoms with van der Waals surface area (Å²) in [6.45, 7) is 1.53. The fourth-order valence-corrected chi connectivity index (χ4v) is 5.71. The molecule has 1 N–H and O–H groups in total. The minimum absolute atomic E-state index is 0.0879. The highest BCUT2D eigenvalue weighted by atomic mass is 16.2. The molecule has 0 aromatic rings. The van der Waals surface area contributed by atoms with Crippen molar-refractivity contribution in [2.75, 3.05) is 20.1 Å². The van der Waals surface area contributed by atoms with Crippen LogP contribution in [0, 0.1) is 23.2 Å². The smallest absolute Gasteiger partial charge is 0.243 e. The van der Waals surface area contributed by atoms with E-state index in [9.17, 15) is 19.6 Å². The molecule has 2 aliphatic heterocycles. The van der Waals surface area contributed by atoms with Gasteiger partial charge in [0.1, 0.15) is 23.4 Å². The normalized spacial score (nSPS) is 31.7. The maximum absolute atomic E-state index is 13.5. The first kappa shape index (κ1) is 21.3. The maximum Gasteiger partial charge on any atom is 0.243 e. The third-order valence-corrected chi connectivity index (χ3v) is 7.85. The van der Waals surface area contributed by atoms with Crippen molar-refractivity contribution < 1.29 is 14.4 Å². The van der Waals surface area contributed by atoms with Crippen LogP contribution in [0.1, 0.15) is 70.6 Å². The number of nitrogens with one attached hydrogen (secondary N) is 1. The molecule has 2 saturated carbocycles. The molecule has 7 heteroatoms. The van der Waals surface area contributed by atoms with Crippen LogP contribution in [-0.2, 0) is 14.4 Å². The predicted octanol–water partition coefficient (Wildman–Crippen LogP) is 2.01. The number of piperidine rings is 1. The highest BCUT2D eigenvalue weighted by Gasteiger charge is 2.53. The third-order valence-electron chi connectivity index (χ3n) is 7.85. The Morgan fingerprint density at radius 1 is 1.17 bits per heavy atom. The quantitative estimate of drug-likeness (QED) is 0.688. The zero-order chi connectivity index (χ0) is 21.3. The van der Waals surface area contributed by atoms with E-state index in [4.69, 9.17) is 0 Å². The second-order valence-corrected chi connectivity index (χ2v) is 9.84. The van der Waals surface area contributed by atoms with Crippen LogP contribution in [0.25, 0.3) is 0 Å². The Labute approximate surface area is 179 Å². The van der Waals surface area contributed by atoms with E-state index in [1.807, 2.05) is 7.05 Å². The van der Waals surface area contributed by atoms with Gasteiger partial charge in [-0.2, -0.15) is 5.26 Å². The van der Waals surface area contributed by atoms with Gasteiger partial charge in [0.25, 0.3) is 0 Å². The zero-order valence-electron chi connectivity index (χ0n) is 18.1. The van der Waals surface area contributed by atoms with Gasteiger partial charge >= 0.3 is 0 Å². The number of nitrogens with zero attached hydrogens (tertiary/aromatic N) is 3. The summed E-state index contributed by atoms with van der Waals surface area (Å²) in [5.74, 6) is 0.444. The zero-order valence-corrected chi connectivity index (χ0v) is 18.1. The van der Waals surface area contributed by atoms with Crippen LogP contribution < -0.4 is 5.32 Å². The van der Waals surface area contributed by atoms with Crippen molar-refractivity contribution in [3.05, 3.63) is 0 Å². The summed E-state index contributed by atoms with van der Waals surface area (Å²) >= 11 is 0. The van der Waals surface area contributed by atoms with Gasteiger partial charge in [-0.15, -0.1) is 0 Å². The van der Waals surface area contributed by atoms with Gasteiger partial charge in [-0.25, -0.2) is 0 Å². The summed E-state index contributed by atoms with van der Waals surface area (Å²) in [5.41, 5.74) is -0.453. The van der Waals surface area contributed by atoms with Crippen molar-refractivity contribution in [3.63, 3.8) is 0 Å². The van der Waals surface area contributed by atoms with Crippen LogP contribution >= 0.6 is 0 Å². The number of likely N-dealkylation sites (N-methyl/N-ethyl adjacent to an activating group) is 1. The number of Topliss-reactive ketones (excluding diaryl/α,β-unsaturated/α-hetero) is 1. The molecule has 2 heterocycles. The van der Waals surface area contributed by atoms with Gasteiger partial charge < -0.3 is 10.2 Å². The van der Waals surface area contributed by atoms with Crippen molar-refractivity contribution >= 4 is 17.6 Å². The van der Waals surface area contributed by atoms with Gasteiger partial charge in [0.05, 0.1) is 6.07 Å². The number of likely N-dealkylation sites (tertiary alicyclic amines) is 2. The molecule has 7 nitrogen and oxygen atoms in total. The average molecular weight is 415 g/mol. The van der Waals surface area contributed by atoms with Crippen molar-refractivity contribution in [2.45, 2.75) is 88.3 Å². The second-order valence-electron chi connectivity index (χ2n) is 9.84. The molecule has 0 unspecified atom stereocenters. The summed E-state index contributed by atoms with van der Waals surface area (Å²) in [5, 5.41) is 12.5. The number of amides is 2. The van der Waals surface area contributed by atoms with Gasteiger partial charge in [0, 0.05) is 18.9 Å². The molecule has 0 bridgehead atoms. The monoisotopic (exact) mass is 414 g/mol. The molecule has 4 aliphatic rings. The number of ketones is 1. The lowest BCUT2D eigenvalue weighted by Gasteiger charge is -2.41. The Balaban J connectivity index is 1.45. The van der Waals surface area contributed by atoms with Gasteiger partial charge in [-0.3, -0.25) is 19.3 Å². The van der Waals surface area contributed by atoms with Gasteiger partial charge in [-0.1, -0.05) is 12.8 Å². The summed E-state index contributed by atoms with van der Waals surface area (Å²) in [6, 6.07) is 0.998. The summed E-state index contributed by atoms with van der Waals surface area (Å²) in [7, 11) is 2.03. The number of carbonyl (C=O) groups excluding carboxylic acids is 3. The van der Waals surface area contributed by atoms with Gasteiger partial charge in [-0.05, 0) is 70.9 Å². The fraction of sp³-hybridized carbons (Fsp3) is 0.826. The molecule has 164 valence electrons. The van der Waals surface area contributed by atoms with Crippen LogP contribution in [0.2, 0.25) is 0 Å². The second kappa shape index (κ2) is 8.66. The highest BCUT2D eigenvalue weighted by Crippen LogP contribution is 2.40. The summed E-state index contributed by atoms with van der Waals surface area (Å²) in [4.78, 5) is 42.7. The van der Waals surface area contributed by atoms with E-state index in [1.54, 1.807) is 4.90 Å². The summed E-state index contributed by atoms with van der Waals surface area (Å²) < 4.78 is 0. The first-order valence-electron chi connectivity index (χ1n) is 11.7. The van der Waals surface area contributed by atoms with Crippen molar-refractivity contribution in [2.24, 2.45) is 11.8 Å². The first-order valence-corrected chi connectivity index (χ1v) is 11.7. The van der Waals surface area contributed by atoms with Crippen LogP contribution in [0.5, 0.6) is 0 Å². The Morgan fingerprint density at radius 2 is 1.97 bits per heavy atom. The Morgan fingerprint density at radius 3 is 2.60 bits per heavy atom. The molecule has 2 saturated heterocycles. The number of rotatable bonds is 7. The first-order chi connectivity index (χ1) is 14.4. The molecular formula is C23H34N4O3. The van der Waals surface area contributed by atoms with E-state index >= 15 is 0 Å². The molecule has 4 fully saturated rings. The molecule has 2 aliphatic carbocycles. The van der Waals surface area contributed by atoms with E-state index in [1.165, 1.54) is 0 Å². The van der Waals surface area contributed by atoms with Crippen LogP contribution in [0.3, 0.4) is 0 Å². The number of carbonyl (C=O) groups is 3. The third kappa shape index (κ3) is 4.12. The molecule has 1 spiro atoms. The van der Waals surface area contributed by atoms with E-state index in [0.717, 1.165) is 57.9 Å². The molecule has 30 heavy (non-hydrogen) atoms. The van der Waals surface area contributed by atoms with E-state index in [-0.39, 0.29) is 23.5 Å². The number of hydrogen-bond acceptors (Lipinski definition) is 5. The topological polar surface area (TPSA) is 93.5 Å². The largest absolute Gasteiger partial charge is 0.339 e. The molecule has 2 amide bonds. The van der Waals surface area contributed by atoms with Crippen LogP contribution in [-0.4, -0.2) is 65.2 Å². The van der Waals surface area contributed by atoms with Gasteiger partial charge in [0.15, 0.2) is 0 Å². The van der Waals surface area contributed by atoms with Crippen molar-refractivity contribution in [1.82, 2.24) is 15.1 Å². The molecule has 4 atom stereocenters. The summed E-state index contributed by atoms with van der Waals surface area (Å²) in [6.07, 6.45) is 9.33. The molecule has 0 aromatic carbocycles. The van der Waals surface area contributed by atoms with Crippen LogP contribution in [0.4, 0.5) is 0 Å². The van der Waals surface area contributed by atoms with Crippen LogP contribution in [0.15, 0.2) is 0 Å². The molecule has 0 aromatic heterocycles. The standard InChI is InChI=1S/C23H34N4O3/c1-26-11-3-2-9-23(26)10-12-27(22(23)30)19(13-16-7-8-16)21(29)25-18(15-24)14-17-5-4-6-20(17)28/h16-19H,2-14H2,1H3,(H,25,29)/t17-,18-,19-,23+/m0/s1. The maximum atomic E-state index is 13.5. The Hall–Kier alpha value is -1.94. The fourth-order valence-electron chi connectivity index (χ4n) is 5.71. The predicted molar refractivity (Wildman–Crippen MR) is 111 cm³/mol. The van der Waals surface area contributed by atoms with Gasteiger partial charge in [0.2, 0.25) is 11.8 Å². The Bertz CT molecular complexity index is 743. The average Bonchev–Trinajstić information content (AvgIpc) is 3.39. The number of hydrogen-bond donors (Lipinski definition) is 1. The minimum atomic E-state index is -0.671. The lowest BCUT2D eigenvalue weighted by atomic mass is 9.85. The van der Waals surface area contributed by atoms with Crippen molar-refractivity contribution in [1.29, 1.82) is 5.26 Å². The van der Waals surface area contributed by atoms with Crippen molar-refractivity contribution in [3.8, 4) is 6.07 Å². The van der Waals surface area contributed by atoms with E-state index in [0.29, 0.717) is 31.7 Å². The molecule has 4 rings (SSSR count). The molecule has 0 radical (unpaired) electrons. The highest BCUT2D eigenvalue weighted by molar-refractivity contribution is 5.94. The lowest BCUT2D eigenvalue weighted by molar-refractivity contribution is -0.145.